The first-order chi connectivity index (χ1) is 13.8. The summed E-state index contributed by atoms with van der Waals surface area (Å²) in [6.07, 6.45) is -0.223. The molecule has 3 rings (SSSR count). The van der Waals surface area contributed by atoms with E-state index in [-0.39, 0.29) is 24.4 Å². The van der Waals surface area contributed by atoms with Gasteiger partial charge in [-0.05, 0) is 94.2 Å². The maximum absolute atomic E-state index is 12.3. The number of carbonyl (C=O) groups excluding carboxylic acids is 1. The van der Waals surface area contributed by atoms with Crippen molar-refractivity contribution in [1.82, 2.24) is 9.80 Å². The van der Waals surface area contributed by atoms with E-state index in [4.69, 9.17) is 14.0 Å². The Balaban J connectivity index is 1.62. The van der Waals surface area contributed by atoms with Gasteiger partial charge in [-0.2, -0.15) is 0 Å². The van der Waals surface area contributed by atoms with Crippen LogP contribution in [0.1, 0.15) is 54.0 Å². The highest BCUT2D eigenvalue weighted by atomic mass is 127. The number of piperazine rings is 1. The average Bonchev–Trinajstić information content (AvgIpc) is 2.81. The van der Waals surface area contributed by atoms with Gasteiger partial charge in [0.15, 0.2) is 0 Å². The SMILES string of the molecule is CC(C)(C)OC(=O)N1CCN(Cc2cc(I)cc(B3OC(C)(C)C(C)(C)O3)c2)CC1. The Morgan fingerprint density at radius 1 is 1.07 bits per heavy atom. The third-order valence-electron chi connectivity index (χ3n) is 5.94. The van der Waals surface area contributed by atoms with Crippen molar-refractivity contribution in [2.24, 2.45) is 0 Å². The van der Waals surface area contributed by atoms with Gasteiger partial charge in [-0.15, -0.1) is 0 Å². The zero-order valence-electron chi connectivity index (χ0n) is 19.3. The highest BCUT2D eigenvalue weighted by Crippen LogP contribution is 2.36. The molecule has 0 bridgehead atoms. The second-order valence-corrected chi connectivity index (χ2v) is 11.5. The van der Waals surface area contributed by atoms with E-state index in [0.29, 0.717) is 13.1 Å². The second-order valence-electron chi connectivity index (χ2n) is 10.2. The average molecular weight is 528 g/mol. The summed E-state index contributed by atoms with van der Waals surface area (Å²) in [5.74, 6) is 0. The van der Waals surface area contributed by atoms with Crippen molar-refractivity contribution in [2.75, 3.05) is 26.2 Å². The maximum atomic E-state index is 12.3. The van der Waals surface area contributed by atoms with E-state index in [1.165, 1.54) is 9.13 Å². The summed E-state index contributed by atoms with van der Waals surface area (Å²) in [6.45, 7) is 17.9. The van der Waals surface area contributed by atoms with Gasteiger partial charge in [0.1, 0.15) is 5.60 Å². The largest absolute Gasteiger partial charge is 0.494 e. The number of rotatable bonds is 3. The third-order valence-corrected chi connectivity index (χ3v) is 6.56. The van der Waals surface area contributed by atoms with E-state index in [2.05, 4.69) is 73.4 Å². The quantitative estimate of drug-likeness (QED) is 0.443. The molecule has 30 heavy (non-hydrogen) atoms. The monoisotopic (exact) mass is 528 g/mol. The summed E-state index contributed by atoms with van der Waals surface area (Å²) in [4.78, 5) is 16.4. The molecule has 0 saturated carbocycles. The van der Waals surface area contributed by atoms with Gasteiger partial charge >= 0.3 is 13.2 Å². The zero-order chi connectivity index (χ0) is 22.3. The molecular weight excluding hydrogens is 494 g/mol. The van der Waals surface area contributed by atoms with Crippen LogP contribution in [0.25, 0.3) is 0 Å². The lowest BCUT2D eigenvalue weighted by atomic mass is 9.78. The van der Waals surface area contributed by atoms with Crippen LogP contribution in [0.3, 0.4) is 0 Å². The number of hydrogen-bond acceptors (Lipinski definition) is 5. The molecule has 2 saturated heterocycles. The molecular formula is C22H34BIN2O4. The van der Waals surface area contributed by atoms with Gasteiger partial charge in [0.05, 0.1) is 11.2 Å². The second kappa shape index (κ2) is 8.60. The van der Waals surface area contributed by atoms with Crippen molar-refractivity contribution in [2.45, 2.75) is 71.8 Å². The van der Waals surface area contributed by atoms with Gasteiger partial charge in [0.25, 0.3) is 0 Å². The number of nitrogens with zero attached hydrogens (tertiary/aromatic N) is 2. The highest BCUT2D eigenvalue weighted by molar-refractivity contribution is 14.1. The van der Waals surface area contributed by atoms with Crippen LogP contribution < -0.4 is 5.46 Å². The molecule has 0 N–H and O–H groups in total. The van der Waals surface area contributed by atoms with E-state index >= 15 is 0 Å². The van der Waals surface area contributed by atoms with Crippen LogP contribution in [-0.2, 0) is 20.6 Å². The molecule has 0 unspecified atom stereocenters. The van der Waals surface area contributed by atoms with Crippen LogP contribution in [-0.4, -0.2) is 66.0 Å². The minimum atomic E-state index is -0.459. The van der Waals surface area contributed by atoms with Crippen LogP contribution in [0.4, 0.5) is 4.79 Å². The molecule has 2 aliphatic heterocycles. The molecule has 166 valence electrons. The molecule has 6 nitrogen and oxygen atoms in total. The van der Waals surface area contributed by atoms with E-state index in [0.717, 1.165) is 25.1 Å². The summed E-state index contributed by atoms with van der Waals surface area (Å²) in [7, 11) is -0.354. The van der Waals surface area contributed by atoms with Crippen molar-refractivity contribution < 1.29 is 18.8 Å². The van der Waals surface area contributed by atoms with E-state index < -0.39 is 5.60 Å². The standard InChI is InChI=1S/C22H34BIN2O4/c1-20(2,3)28-19(27)26-10-8-25(9-11-26)15-16-12-17(14-18(24)13-16)23-29-21(4,5)22(6,7)30-23/h12-14H,8-11,15H2,1-7H3. The molecule has 8 heteroatoms. The molecule has 1 amide bonds. The van der Waals surface area contributed by atoms with Crippen molar-refractivity contribution in [1.29, 1.82) is 0 Å². The Bertz CT molecular complexity index is 770. The van der Waals surface area contributed by atoms with Gasteiger partial charge in [-0.1, -0.05) is 6.07 Å². The van der Waals surface area contributed by atoms with Crippen LogP contribution in [0.5, 0.6) is 0 Å². The number of benzene rings is 1. The van der Waals surface area contributed by atoms with Gasteiger partial charge in [-0.3, -0.25) is 4.90 Å². The minimum absolute atomic E-state index is 0.223. The van der Waals surface area contributed by atoms with E-state index in [1.54, 1.807) is 4.90 Å². The first-order valence-electron chi connectivity index (χ1n) is 10.6. The summed E-state index contributed by atoms with van der Waals surface area (Å²) in [5, 5.41) is 0. The maximum Gasteiger partial charge on any atom is 0.494 e. The summed E-state index contributed by atoms with van der Waals surface area (Å²) < 4.78 is 19.1. The van der Waals surface area contributed by atoms with Gasteiger partial charge in [0.2, 0.25) is 0 Å². The Kier molecular flexibility index (Phi) is 6.83. The smallest absolute Gasteiger partial charge is 0.444 e. The molecule has 2 heterocycles. The van der Waals surface area contributed by atoms with Crippen molar-refractivity contribution in [3.8, 4) is 0 Å². The highest BCUT2D eigenvalue weighted by Gasteiger charge is 2.51. The fourth-order valence-corrected chi connectivity index (χ4v) is 4.31. The molecule has 2 fully saturated rings. The Hall–Kier alpha value is -0.835. The molecule has 0 aromatic heterocycles. The molecule has 1 aromatic carbocycles. The fourth-order valence-electron chi connectivity index (χ4n) is 3.56. The molecule has 0 aliphatic carbocycles. The number of hydrogen-bond donors (Lipinski definition) is 0. The van der Waals surface area contributed by atoms with Gasteiger partial charge in [-0.25, -0.2) is 4.79 Å². The Morgan fingerprint density at radius 3 is 2.17 bits per heavy atom. The number of ether oxygens (including phenoxy) is 1. The zero-order valence-corrected chi connectivity index (χ0v) is 21.4. The number of amides is 1. The Morgan fingerprint density at radius 2 is 1.63 bits per heavy atom. The Labute approximate surface area is 194 Å². The van der Waals surface area contributed by atoms with Crippen LogP contribution in [0.2, 0.25) is 0 Å². The molecule has 0 spiro atoms. The predicted molar refractivity (Wildman–Crippen MR) is 128 cm³/mol. The lowest BCUT2D eigenvalue weighted by molar-refractivity contribution is 0.00578. The minimum Gasteiger partial charge on any atom is -0.444 e. The van der Waals surface area contributed by atoms with Crippen molar-refractivity contribution in [3.63, 3.8) is 0 Å². The van der Waals surface area contributed by atoms with Crippen LogP contribution in [0, 0.1) is 3.57 Å². The normalized spacial score (nSPS) is 21.7. The van der Waals surface area contributed by atoms with Crippen molar-refractivity contribution in [3.05, 3.63) is 27.3 Å². The number of carbonyl (C=O) groups is 1. The van der Waals surface area contributed by atoms with Crippen LogP contribution >= 0.6 is 22.6 Å². The lowest BCUT2D eigenvalue weighted by Gasteiger charge is -2.35. The van der Waals surface area contributed by atoms with Crippen LogP contribution in [0.15, 0.2) is 18.2 Å². The van der Waals surface area contributed by atoms with Crippen molar-refractivity contribution >= 4 is 41.3 Å². The third kappa shape index (κ3) is 5.69. The molecule has 0 radical (unpaired) electrons. The fraction of sp³-hybridized carbons (Fsp3) is 0.682. The lowest BCUT2D eigenvalue weighted by Crippen LogP contribution is -2.49. The molecule has 2 aliphatic rings. The first-order valence-corrected chi connectivity index (χ1v) is 11.7. The first kappa shape index (κ1) is 23.8. The summed E-state index contributed by atoms with van der Waals surface area (Å²) in [6, 6.07) is 6.52. The van der Waals surface area contributed by atoms with Gasteiger partial charge in [0, 0.05) is 36.3 Å². The van der Waals surface area contributed by atoms with E-state index in [1.807, 2.05) is 20.8 Å². The number of halogens is 1. The van der Waals surface area contributed by atoms with Gasteiger partial charge < -0.3 is 18.9 Å². The summed E-state index contributed by atoms with van der Waals surface area (Å²) >= 11 is 2.35. The topological polar surface area (TPSA) is 51.2 Å². The molecule has 0 atom stereocenters. The summed E-state index contributed by atoms with van der Waals surface area (Å²) in [5.41, 5.74) is 1.13. The van der Waals surface area contributed by atoms with E-state index in [9.17, 15) is 4.79 Å². The predicted octanol–water partition coefficient (Wildman–Crippen LogP) is 3.64. The molecule has 1 aromatic rings.